The van der Waals surface area contributed by atoms with Gasteiger partial charge in [0, 0.05) is 26.2 Å². The van der Waals surface area contributed by atoms with Crippen LogP contribution in [0.4, 0.5) is 17.1 Å². The molecule has 7 nitrogen and oxygen atoms in total. The molecule has 7 heteroatoms. The first-order valence-electron chi connectivity index (χ1n) is 9.91. The van der Waals surface area contributed by atoms with Gasteiger partial charge >= 0.3 is 0 Å². The average molecular weight is 394 g/mol. The minimum absolute atomic E-state index is 0.0435. The summed E-state index contributed by atoms with van der Waals surface area (Å²) < 4.78 is 5.48. The van der Waals surface area contributed by atoms with E-state index in [9.17, 15) is 9.59 Å². The van der Waals surface area contributed by atoms with E-state index in [1.807, 2.05) is 49.4 Å². The number of fused-ring (bicyclic) bond motifs is 1. The third-order valence-corrected chi connectivity index (χ3v) is 5.68. The van der Waals surface area contributed by atoms with Gasteiger partial charge in [-0.25, -0.2) is 0 Å². The largest absolute Gasteiger partial charge is 0.495 e. The molecule has 1 N–H and O–H groups in total. The Balaban J connectivity index is 1.44. The number of para-hydroxylation sites is 4. The first-order chi connectivity index (χ1) is 14.1. The smallest absolute Gasteiger partial charge is 0.244 e. The maximum atomic E-state index is 13.2. The molecular weight excluding hydrogens is 368 g/mol. The van der Waals surface area contributed by atoms with Gasteiger partial charge in [-0.3, -0.25) is 19.4 Å². The Kier molecular flexibility index (Phi) is 5.40. The van der Waals surface area contributed by atoms with Crippen LogP contribution in [0.15, 0.2) is 48.5 Å². The zero-order valence-electron chi connectivity index (χ0n) is 16.8. The van der Waals surface area contributed by atoms with Crippen LogP contribution in [-0.4, -0.2) is 62.6 Å². The minimum Gasteiger partial charge on any atom is -0.495 e. The normalized spacial score (nSPS) is 18.1. The zero-order valence-corrected chi connectivity index (χ0v) is 16.8. The molecule has 2 aromatic rings. The molecule has 0 radical (unpaired) electrons. The molecule has 2 aromatic carbocycles. The number of anilines is 3. The topological polar surface area (TPSA) is 65.1 Å². The third-order valence-electron chi connectivity index (χ3n) is 5.68. The summed E-state index contributed by atoms with van der Waals surface area (Å²) in [6, 6.07) is 15.1. The maximum absolute atomic E-state index is 13.2. The van der Waals surface area contributed by atoms with Gasteiger partial charge in [-0.05, 0) is 31.2 Å². The molecule has 2 aliphatic rings. The van der Waals surface area contributed by atoms with E-state index in [0.29, 0.717) is 5.69 Å². The second-order valence-corrected chi connectivity index (χ2v) is 7.36. The first-order valence-corrected chi connectivity index (χ1v) is 9.91. The van der Waals surface area contributed by atoms with Crippen molar-refractivity contribution in [3.8, 4) is 5.75 Å². The van der Waals surface area contributed by atoms with E-state index in [2.05, 4.69) is 21.2 Å². The van der Waals surface area contributed by atoms with E-state index in [-0.39, 0.29) is 24.4 Å². The van der Waals surface area contributed by atoms with Gasteiger partial charge in [0.05, 0.1) is 30.2 Å². The number of nitrogens with one attached hydrogen (secondary N) is 1. The Morgan fingerprint density at radius 3 is 2.38 bits per heavy atom. The monoisotopic (exact) mass is 394 g/mol. The molecular formula is C22H26N4O3. The molecule has 0 bridgehead atoms. The predicted molar refractivity (Wildman–Crippen MR) is 114 cm³/mol. The molecule has 2 aliphatic heterocycles. The van der Waals surface area contributed by atoms with Gasteiger partial charge in [0.15, 0.2) is 0 Å². The molecule has 2 amide bonds. The summed E-state index contributed by atoms with van der Waals surface area (Å²) in [6.07, 6.45) is 0. The van der Waals surface area contributed by atoms with Gasteiger partial charge < -0.3 is 15.0 Å². The standard InChI is InChI=1S/C22H26N4O3/c1-16(22(28)26-15-21(27)23-17-7-3-4-8-18(17)26)24-11-13-25(14-12-24)19-9-5-6-10-20(19)29-2/h3-10,16H,11-15H2,1-2H3,(H,23,27)/t16-/m0/s1. The summed E-state index contributed by atoms with van der Waals surface area (Å²) >= 11 is 0. The van der Waals surface area contributed by atoms with Gasteiger partial charge in [0.2, 0.25) is 11.8 Å². The van der Waals surface area contributed by atoms with Gasteiger partial charge in [-0.15, -0.1) is 0 Å². The lowest BCUT2D eigenvalue weighted by atomic mass is 10.1. The second-order valence-electron chi connectivity index (χ2n) is 7.36. The number of nitrogens with zero attached hydrogens (tertiary/aromatic N) is 3. The van der Waals surface area contributed by atoms with Crippen LogP contribution in [0.3, 0.4) is 0 Å². The summed E-state index contributed by atoms with van der Waals surface area (Å²) in [5.41, 5.74) is 2.53. The van der Waals surface area contributed by atoms with Crippen LogP contribution in [-0.2, 0) is 9.59 Å². The number of rotatable bonds is 4. The van der Waals surface area contributed by atoms with Crippen molar-refractivity contribution in [2.45, 2.75) is 13.0 Å². The first kappa shape index (κ1) is 19.3. The minimum atomic E-state index is -0.297. The van der Waals surface area contributed by atoms with Gasteiger partial charge in [0.1, 0.15) is 12.3 Å². The fourth-order valence-corrected chi connectivity index (χ4v) is 4.05. The van der Waals surface area contributed by atoms with Crippen LogP contribution in [0.25, 0.3) is 0 Å². The average Bonchev–Trinajstić information content (AvgIpc) is 2.77. The summed E-state index contributed by atoms with van der Waals surface area (Å²) in [4.78, 5) is 31.4. The SMILES string of the molecule is COc1ccccc1N1CCN([C@@H](C)C(=O)N2CC(=O)Nc3ccccc32)CC1. The molecule has 4 rings (SSSR count). The van der Waals surface area contributed by atoms with Crippen molar-refractivity contribution in [1.82, 2.24) is 4.90 Å². The molecule has 0 saturated carbocycles. The third kappa shape index (κ3) is 3.78. The molecule has 1 atom stereocenters. The molecule has 0 unspecified atom stereocenters. The lowest BCUT2D eigenvalue weighted by Gasteiger charge is -2.40. The number of piperazine rings is 1. The highest BCUT2D eigenvalue weighted by atomic mass is 16.5. The lowest BCUT2D eigenvalue weighted by Crippen LogP contribution is -2.56. The van der Waals surface area contributed by atoms with E-state index < -0.39 is 0 Å². The molecule has 0 spiro atoms. The molecule has 2 heterocycles. The molecule has 0 aliphatic carbocycles. The number of benzene rings is 2. The van der Waals surface area contributed by atoms with E-state index in [0.717, 1.165) is 43.3 Å². The summed E-state index contributed by atoms with van der Waals surface area (Å²) in [6.45, 7) is 5.15. The zero-order chi connectivity index (χ0) is 20.4. The van der Waals surface area contributed by atoms with Crippen LogP contribution >= 0.6 is 0 Å². The van der Waals surface area contributed by atoms with Crippen molar-refractivity contribution in [1.29, 1.82) is 0 Å². The number of carbonyl (C=O) groups excluding carboxylic acids is 2. The van der Waals surface area contributed by atoms with Crippen LogP contribution < -0.4 is 19.9 Å². The van der Waals surface area contributed by atoms with E-state index in [4.69, 9.17) is 4.74 Å². The highest BCUT2D eigenvalue weighted by Gasteiger charge is 2.33. The Bertz CT molecular complexity index is 908. The van der Waals surface area contributed by atoms with Crippen molar-refractivity contribution < 1.29 is 14.3 Å². The number of hydrogen-bond donors (Lipinski definition) is 1. The number of carbonyl (C=O) groups is 2. The fourth-order valence-electron chi connectivity index (χ4n) is 4.05. The Hall–Kier alpha value is -3.06. The van der Waals surface area contributed by atoms with Crippen LogP contribution in [0.5, 0.6) is 5.75 Å². The van der Waals surface area contributed by atoms with Crippen LogP contribution in [0.2, 0.25) is 0 Å². The molecule has 1 fully saturated rings. The molecule has 1 saturated heterocycles. The predicted octanol–water partition coefficient (Wildman–Crippen LogP) is 2.19. The summed E-state index contributed by atoms with van der Waals surface area (Å²) in [5.74, 6) is 0.657. The molecule has 0 aromatic heterocycles. The Labute approximate surface area is 170 Å². The summed E-state index contributed by atoms with van der Waals surface area (Å²) in [5, 5.41) is 2.83. The number of methoxy groups -OCH3 is 1. The van der Waals surface area contributed by atoms with E-state index in [1.165, 1.54) is 0 Å². The van der Waals surface area contributed by atoms with E-state index >= 15 is 0 Å². The van der Waals surface area contributed by atoms with Gasteiger partial charge in [-0.1, -0.05) is 24.3 Å². The van der Waals surface area contributed by atoms with Gasteiger partial charge in [-0.2, -0.15) is 0 Å². The number of hydrogen-bond acceptors (Lipinski definition) is 5. The molecule has 152 valence electrons. The van der Waals surface area contributed by atoms with Gasteiger partial charge in [0.25, 0.3) is 0 Å². The van der Waals surface area contributed by atoms with Crippen molar-refractivity contribution in [2.24, 2.45) is 0 Å². The lowest BCUT2D eigenvalue weighted by molar-refractivity contribution is -0.125. The Morgan fingerprint density at radius 1 is 1.00 bits per heavy atom. The van der Waals surface area contributed by atoms with Crippen molar-refractivity contribution in [3.63, 3.8) is 0 Å². The van der Waals surface area contributed by atoms with Crippen molar-refractivity contribution in [3.05, 3.63) is 48.5 Å². The fraction of sp³-hybridized carbons (Fsp3) is 0.364. The highest BCUT2D eigenvalue weighted by molar-refractivity contribution is 6.11. The van der Waals surface area contributed by atoms with Crippen molar-refractivity contribution in [2.75, 3.05) is 55.0 Å². The van der Waals surface area contributed by atoms with E-state index in [1.54, 1.807) is 12.0 Å². The quantitative estimate of drug-likeness (QED) is 0.861. The summed E-state index contributed by atoms with van der Waals surface area (Å²) in [7, 11) is 1.68. The van der Waals surface area contributed by atoms with Crippen LogP contribution in [0.1, 0.15) is 6.92 Å². The maximum Gasteiger partial charge on any atom is 0.244 e. The van der Waals surface area contributed by atoms with Crippen molar-refractivity contribution >= 4 is 28.9 Å². The number of ether oxygens (including phenoxy) is 1. The molecule has 29 heavy (non-hydrogen) atoms. The second kappa shape index (κ2) is 8.13. The highest BCUT2D eigenvalue weighted by Crippen LogP contribution is 2.31. The Morgan fingerprint density at radius 2 is 1.66 bits per heavy atom. The number of amides is 2. The van der Waals surface area contributed by atoms with Crippen LogP contribution in [0, 0.1) is 0 Å².